The number of nitrogens with two attached hydrogens (primary N) is 1. The molecule has 5 nitrogen and oxygen atoms in total. The van der Waals surface area contributed by atoms with Gasteiger partial charge in [-0.2, -0.15) is 0 Å². The molecule has 1 fully saturated rings. The van der Waals surface area contributed by atoms with Gasteiger partial charge in [-0.3, -0.25) is 10.1 Å². The third-order valence-electron chi connectivity index (χ3n) is 3.91. The zero-order valence-electron chi connectivity index (χ0n) is 11.3. The molecule has 1 saturated carbocycles. The Balaban J connectivity index is 2.18. The summed E-state index contributed by atoms with van der Waals surface area (Å²) in [5, 5.41) is 14.3. The minimum atomic E-state index is -0.340. The molecule has 0 amide bonds. The predicted molar refractivity (Wildman–Crippen MR) is 76.3 cm³/mol. The molecule has 0 saturated heterocycles. The SMILES string of the molecule is Cc1c(NC2CCCCCC2N)cccc1[N+](=O)[O-]. The van der Waals surface area contributed by atoms with Crippen molar-refractivity contribution in [3.05, 3.63) is 33.9 Å². The van der Waals surface area contributed by atoms with Crippen molar-refractivity contribution in [3.8, 4) is 0 Å². The van der Waals surface area contributed by atoms with E-state index in [0.29, 0.717) is 5.56 Å². The number of rotatable bonds is 3. The van der Waals surface area contributed by atoms with Gasteiger partial charge < -0.3 is 11.1 Å². The molecule has 2 atom stereocenters. The molecule has 1 aromatic rings. The van der Waals surface area contributed by atoms with Crippen LogP contribution in [0.5, 0.6) is 0 Å². The predicted octanol–water partition coefficient (Wildman–Crippen LogP) is 2.98. The molecular weight excluding hydrogens is 242 g/mol. The first-order valence-corrected chi connectivity index (χ1v) is 6.85. The fraction of sp³-hybridized carbons (Fsp3) is 0.571. The number of benzene rings is 1. The molecule has 1 aliphatic rings. The van der Waals surface area contributed by atoms with Gasteiger partial charge in [0.2, 0.25) is 0 Å². The number of anilines is 1. The van der Waals surface area contributed by atoms with Crippen molar-refractivity contribution in [2.45, 2.75) is 51.1 Å². The van der Waals surface area contributed by atoms with Crippen molar-refractivity contribution in [1.82, 2.24) is 0 Å². The van der Waals surface area contributed by atoms with Crippen LogP contribution >= 0.6 is 0 Å². The van der Waals surface area contributed by atoms with E-state index in [9.17, 15) is 10.1 Å². The molecule has 1 aliphatic carbocycles. The second-order valence-corrected chi connectivity index (χ2v) is 5.26. The van der Waals surface area contributed by atoms with Crippen molar-refractivity contribution in [2.24, 2.45) is 5.73 Å². The molecular formula is C14H21N3O2. The van der Waals surface area contributed by atoms with Gasteiger partial charge in [0.1, 0.15) is 0 Å². The Morgan fingerprint density at radius 3 is 2.79 bits per heavy atom. The lowest BCUT2D eigenvalue weighted by molar-refractivity contribution is -0.385. The van der Waals surface area contributed by atoms with Crippen molar-refractivity contribution in [1.29, 1.82) is 0 Å². The first-order valence-electron chi connectivity index (χ1n) is 6.85. The lowest BCUT2D eigenvalue weighted by Gasteiger charge is -2.24. The summed E-state index contributed by atoms with van der Waals surface area (Å²) in [6.07, 6.45) is 5.61. The summed E-state index contributed by atoms with van der Waals surface area (Å²) in [5.74, 6) is 0. The highest BCUT2D eigenvalue weighted by atomic mass is 16.6. The lowest BCUT2D eigenvalue weighted by atomic mass is 10.0. The molecule has 2 unspecified atom stereocenters. The maximum Gasteiger partial charge on any atom is 0.274 e. The van der Waals surface area contributed by atoms with Crippen molar-refractivity contribution in [3.63, 3.8) is 0 Å². The van der Waals surface area contributed by atoms with Crippen molar-refractivity contribution < 1.29 is 4.92 Å². The summed E-state index contributed by atoms with van der Waals surface area (Å²) in [4.78, 5) is 10.6. The number of nitro groups is 1. The van der Waals surface area contributed by atoms with Gasteiger partial charge in [-0.1, -0.05) is 25.3 Å². The Morgan fingerprint density at radius 2 is 2.05 bits per heavy atom. The van der Waals surface area contributed by atoms with E-state index < -0.39 is 0 Å². The topological polar surface area (TPSA) is 81.2 Å². The number of nitrogens with zero attached hydrogens (tertiary/aromatic N) is 1. The third kappa shape index (κ3) is 3.23. The largest absolute Gasteiger partial charge is 0.380 e. The normalized spacial score (nSPS) is 23.7. The van der Waals surface area contributed by atoms with Gasteiger partial charge in [0.15, 0.2) is 0 Å². The average molecular weight is 263 g/mol. The van der Waals surface area contributed by atoms with Crippen molar-refractivity contribution in [2.75, 3.05) is 5.32 Å². The van der Waals surface area contributed by atoms with Gasteiger partial charge in [-0.15, -0.1) is 0 Å². The Hall–Kier alpha value is -1.62. The van der Waals surface area contributed by atoms with E-state index in [1.54, 1.807) is 13.0 Å². The van der Waals surface area contributed by atoms with Gasteiger partial charge in [-0.05, 0) is 25.8 Å². The Morgan fingerprint density at radius 1 is 1.32 bits per heavy atom. The first kappa shape index (κ1) is 13.8. The van der Waals surface area contributed by atoms with E-state index in [0.717, 1.165) is 18.5 Å². The maximum atomic E-state index is 10.9. The van der Waals surface area contributed by atoms with E-state index in [2.05, 4.69) is 5.32 Å². The number of hydrogen-bond acceptors (Lipinski definition) is 4. The van der Waals surface area contributed by atoms with E-state index in [1.807, 2.05) is 6.07 Å². The third-order valence-corrected chi connectivity index (χ3v) is 3.91. The average Bonchev–Trinajstić information content (AvgIpc) is 2.57. The summed E-state index contributed by atoms with van der Waals surface area (Å²) in [5.41, 5.74) is 7.85. The summed E-state index contributed by atoms with van der Waals surface area (Å²) in [6.45, 7) is 1.78. The minimum Gasteiger partial charge on any atom is -0.380 e. The van der Waals surface area contributed by atoms with Crippen molar-refractivity contribution >= 4 is 11.4 Å². The van der Waals surface area contributed by atoms with E-state index >= 15 is 0 Å². The molecule has 104 valence electrons. The highest BCUT2D eigenvalue weighted by molar-refractivity contribution is 5.60. The fourth-order valence-corrected chi connectivity index (χ4v) is 2.69. The summed E-state index contributed by atoms with van der Waals surface area (Å²) >= 11 is 0. The zero-order valence-corrected chi connectivity index (χ0v) is 11.3. The Kier molecular flexibility index (Phi) is 4.37. The molecule has 0 aliphatic heterocycles. The van der Waals surface area contributed by atoms with Gasteiger partial charge in [0.25, 0.3) is 5.69 Å². The van der Waals surface area contributed by atoms with Gasteiger partial charge in [0.05, 0.1) is 4.92 Å². The van der Waals surface area contributed by atoms with Crippen LogP contribution in [0.2, 0.25) is 0 Å². The Bertz CT molecular complexity index is 462. The Labute approximate surface area is 113 Å². The first-order chi connectivity index (χ1) is 9.09. The molecule has 0 radical (unpaired) electrons. The van der Waals surface area contributed by atoms with Crippen LogP contribution in [0.1, 0.15) is 37.7 Å². The van der Waals surface area contributed by atoms with E-state index in [-0.39, 0.29) is 22.7 Å². The highest BCUT2D eigenvalue weighted by Gasteiger charge is 2.22. The molecule has 5 heteroatoms. The summed E-state index contributed by atoms with van der Waals surface area (Å²) in [7, 11) is 0. The quantitative estimate of drug-likeness (QED) is 0.499. The lowest BCUT2D eigenvalue weighted by Crippen LogP contribution is -2.39. The standard InChI is InChI=1S/C14H21N3O2/c1-10-12(8-5-9-14(10)17(18)19)16-13-7-4-2-3-6-11(13)15/h5,8-9,11,13,16H,2-4,6-7,15H2,1H3. The molecule has 19 heavy (non-hydrogen) atoms. The van der Waals surface area contributed by atoms with Gasteiger partial charge in [0, 0.05) is 29.4 Å². The second-order valence-electron chi connectivity index (χ2n) is 5.26. The van der Waals surface area contributed by atoms with Crippen LogP contribution in [0.3, 0.4) is 0 Å². The summed E-state index contributed by atoms with van der Waals surface area (Å²) in [6, 6.07) is 5.48. The smallest absolute Gasteiger partial charge is 0.274 e. The number of nitro benzene ring substituents is 1. The van der Waals surface area contributed by atoms with Crippen LogP contribution in [-0.2, 0) is 0 Å². The van der Waals surface area contributed by atoms with E-state index in [4.69, 9.17) is 5.73 Å². The zero-order chi connectivity index (χ0) is 13.8. The maximum absolute atomic E-state index is 10.9. The molecule has 3 N–H and O–H groups in total. The van der Waals surface area contributed by atoms with Crippen LogP contribution in [0.4, 0.5) is 11.4 Å². The number of hydrogen-bond donors (Lipinski definition) is 2. The van der Waals surface area contributed by atoms with E-state index in [1.165, 1.54) is 25.3 Å². The molecule has 0 heterocycles. The molecule has 0 bridgehead atoms. The molecule has 0 aromatic heterocycles. The fourth-order valence-electron chi connectivity index (χ4n) is 2.69. The summed E-state index contributed by atoms with van der Waals surface area (Å²) < 4.78 is 0. The van der Waals surface area contributed by atoms with Crippen LogP contribution in [0, 0.1) is 17.0 Å². The van der Waals surface area contributed by atoms with Gasteiger partial charge >= 0.3 is 0 Å². The highest BCUT2D eigenvalue weighted by Crippen LogP contribution is 2.27. The van der Waals surface area contributed by atoms with Crippen LogP contribution in [0.25, 0.3) is 0 Å². The minimum absolute atomic E-state index is 0.126. The molecule has 0 spiro atoms. The monoisotopic (exact) mass is 263 g/mol. The second kappa shape index (κ2) is 6.02. The van der Waals surface area contributed by atoms with Crippen LogP contribution < -0.4 is 11.1 Å². The van der Waals surface area contributed by atoms with Gasteiger partial charge in [-0.25, -0.2) is 0 Å². The number of nitrogens with one attached hydrogen (secondary N) is 1. The van der Waals surface area contributed by atoms with Crippen LogP contribution in [-0.4, -0.2) is 17.0 Å². The van der Waals surface area contributed by atoms with Crippen LogP contribution in [0.15, 0.2) is 18.2 Å². The molecule has 1 aromatic carbocycles. The molecule has 2 rings (SSSR count).